The van der Waals surface area contributed by atoms with E-state index in [2.05, 4.69) is 4.74 Å². The van der Waals surface area contributed by atoms with Crippen LogP contribution in [0.4, 0.5) is 0 Å². The Morgan fingerprint density at radius 2 is 2.00 bits per heavy atom. The van der Waals surface area contributed by atoms with Gasteiger partial charge in [-0.15, -0.1) is 0 Å². The van der Waals surface area contributed by atoms with Crippen LogP contribution in [0.15, 0.2) is 48.7 Å². The minimum Gasteiger partial charge on any atom is -0.465 e. The molecule has 4 nitrogen and oxygen atoms in total. The highest BCUT2D eigenvalue weighted by atomic mass is 35.5. The van der Waals surface area contributed by atoms with Crippen LogP contribution in [0.1, 0.15) is 10.4 Å². The third kappa shape index (κ3) is 2.53. The van der Waals surface area contributed by atoms with Crippen LogP contribution < -0.4 is 4.74 Å². The van der Waals surface area contributed by atoms with Crippen molar-refractivity contribution in [1.82, 2.24) is 4.57 Å². The summed E-state index contributed by atoms with van der Waals surface area (Å²) in [7, 11) is 3.28. The zero-order chi connectivity index (χ0) is 15.7. The highest BCUT2D eigenvalue weighted by Crippen LogP contribution is 2.32. The molecule has 0 aliphatic heterocycles. The Kier molecular flexibility index (Phi) is 3.77. The van der Waals surface area contributed by atoms with Crippen LogP contribution in [-0.4, -0.2) is 17.6 Å². The first-order valence-corrected chi connectivity index (χ1v) is 7.07. The van der Waals surface area contributed by atoms with Crippen LogP contribution >= 0.6 is 11.6 Å². The molecule has 0 amide bonds. The molecular weight excluding hydrogens is 302 g/mol. The first-order valence-electron chi connectivity index (χ1n) is 6.70. The van der Waals surface area contributed by atoms with Crippen molar-refractivity contribution in [2.75, 3.05) is 7.11 Å². The van der Waals surface area contributed by atoms with Crippen molar-refractivity contribution >= 4 is 28.5 Å². The second kappa shape index (κ2) is 5.73. The summed E-state index contributed by atoms with van der Waals surface area (Å²) in [6.07, 6.45) is 1.98. The number of halogens is 1. The van der Waals surface area contributed by atoms with E-state index in [1.807, 2.05) is 42.1 Å². The van der Waals surface area contributed by atoms with Gasteiger partial charge in [-0.25, -0.2) is 4.79 Å². The van der Waals surface area contributed by atoms with E-state index in [-0.39, 0.29) is 0 Å². The fraction of sp³-hybridized carbons (Fsp3) is 0.118. The zero-order valence-corrected chi connectivity index (χ0v) is 12.9. The number of nitrogens with zero attached hydrogens (tertiary/aromatic N) is 1. The number of hydrogen-bond donors (Lipinski definition) is 0. The first kappa shape index (κ1) is 14.5. The average Bonchev–Trinajstić information content (AvgIpc) is 2.89. The number of methoxy groups -OCH3 is 1. The molecule has 0 aliphatic rings. The topological polar surface area (TPSA) is 40.5 Å². The van der Waals surface area contributed by atoms with Crippen molar-refractivity contribution in [2.45, 2.75) is 0 Å². The van der Waals surface area contributed by atoms with E-state index in [9.17, 15) is 4.79 Å². The molecule has 3 rings (SSSR count). The third-order valence-electron chi connectivity index (χ3n) is 3.43. The molecule has 0 saturated carbocycles. The van der Waals surface area contributed by atoms with Crippen LogP contribution in [0.2, 0.25) is 5.02 Å². The summed E-state index contributed by atoms with van der Waals surface area (Å²) >= 11 is 6.11. The maximum absolute atomic E-state index is 11.5. The number of carbonyl (C=O) groups is 1. The van der Waals surface area contributed by atoms with Gasteiger partial charge in [0.15, 0.2) is 5.75 Å². The molecule has 0 N–H and O–H groups in total. The van der Waals surface area contributed by atoms with E-state index in [0.717, 1.165) is 16.7 Å². The number of aromatic nitrogens is 1. The highest BCUT2D eigenvalue weighted by molar-refractivity contribution is 6.33. The van der Waals surface area contributed by atoms with Crippen molar-refractivity contribution in [1.29, 1.82) is 0 Å². The average molecular weight is 316 g/mol. The lowest BCUT2D eigenvalue weighted by molar-refractivity contribution is 0.0601. The molecule has 3 aromatic rings. The van der Waals surface area contributed by atoms with Crippen molar-refractivity contribution < 1.29 is 14.3 Å². The number of aryl methyl sites for hydroxylation is 1. The Balaban J connectivity index is 1.97. The molecule has 0 bridgehead atoms. The van der Waals surface area contributed by atoms with Gasteiger partial charge in [0.25, 0.3) is 0 Å². The summed E-state index contributed by atoms with van der Waals surface area (Å²) in [4.78, 5) is 11.5. The van der Waals surface area contributed by atoms with Crippen LogP contribution in [0.25, 0.3) is 10.9 Å². The molecule has 5 heteroatoms. The highest BCUT2D eigenvalue weighted by Gasteiger charge is 2.13. The van der Waals surface area contributed by atoms with Gasteiger partial charge in [0.05, 0.1) is 23.2 Å². The quantitative estimate of drug-likeness (QED) is 0.672. The van der Waals surface area contributed by atoms with E-state index < -0.39 is 5.97 Å². The van der Waals surface area contributed by atoms with E-state index in [1.165, 1.54) is 7.11 Å². The maximum Gasteiger partial charge on any atom is 0.339 e. The minimum atomic E-state index is -0.471. The van der Waals surface area contributed by atoms with Crippen molar-refractivity contribution in [2.24, 2.45) is 7.05 Å². The Hall–Kier alpha value is -2.46. The largest absolute Gasteiger partial charge is 0.465 e. The van der Waals surface area contributed by atoms with E-state index >= 15 is 0 Å². The Morgan fingerprint density at radius 1 is 1.18 bits per heavy atom. The minimum absolute atomic E-state index is 0.295. The van der Waals surface area contributed by atoms with Gasteiger partial charge in [0, 0.05) is 24.7 Å². The molecule has 0 spiro atoms. The number of para-hydroxylation sites is 1. The van der Waals surface area contributed by atoms with E-state index in [0.29, 0.717) is 16.3 Å². The summed E-state index contributed by atoms with van der Waals surface area (Å²) in [5.74, 6) is 0.819. The lowest BCUT2D eigenvalue weighted by Gasteiger charge is -2.10. The summed E-state index contributed by atoms with van der Waals surface area (Å²) in [5, 5.41) is 1.39. The van der Waals surface area contributed by atoms with Gasteiger partial charge in [-0.1, -0.05) is 23.7 Å². The molecular formula is C17H14ClNO3. The SMILES string of the molecule is COC(=O)c1ccc(Oc2cccc3ccn(C)c23)cc1Cl. The summed E-state index contributed by atoms with van der Waals surface area (Å²) < 4.78 is 12.6. The van der Waals surface area contributed by atoms with E-state index in [1.54, 1.807) is 18.2 Å². The molecule has 1 aromatic heterocycles. The Labute approximate surface area is 132 Å². The Bertz CT molecular complexity index is 854. The molecule has 0 atom stereocenters. The fourth-order valence-corrected chi connectivity index (χ4v) is 2.61. The molecule has 112 valence electrons. The normalized spacial score (nSPS) is 10.7. The second-order valence-corrected chi connectivity index (χ2v) is 5.26. The predicted octanol–water partition coefficient (Wildman–Crippen LogP) is 4.41. The number of ether oxygens (including phenoxy) is 2. The van der Waals surface area contributed by atoms with Gasteiger partial charge < -0.3 is 14.0 Å². The molecule has 0 fully saturated rings. The molecule has 0 unspecified atom stereocenters. The molecule has 2 aromatic carbocycles. The van der Waals surface area contributed by atoms with Crippen LogP contribution in [-0.2, 0) is 11.8 Å². The molecule has 22 heavy (non-hydrogen) atoms. The van der Waals surface area contributed by atoms with Crippen molar-refractivity contribution in [3.8, 4) is 11.5 Å². The van der Waals surface area contributed by atoms with Gasteiger partial charge in [0.2, 0.25) is 0 Å². The van der Waals surface area contributed by atoms with Gasteiger partial charge in [-0.2, -0.15) is 0 Å². The maximum atomic E-state index is 11.5. The third-order valence-corrected chi connectivity index (χ3v) is 3.75. The van der Waals surface area contributed by atoms with Crippen molar-refractivity contribution in [3.63, 3.8) is 0 Å². The second-order valence-electron chi connectivity index (χ2n) is 4.86. The zero-order valence-electron chi connectivity index (χ0n) is 12.2. The van der Waals surface area contributed by atoms with Crippen LogP contribution in [0, 0.1) is 0 Å². The lowest BCUT2D eigenvalue weighted by atomic mass is 10.2. The predicted molar refractivity (Wildman–Crippen MR) is 85.8 cm³/mol. The van der Waals surface area contributed by atoms with Gasteiger partial charge in [-0.05, 0) is 24.3 Å². The Morgan fingerprint density at radius 3 is 2.73 bits per heavy atom. The van der Waals surface area contributed by atoms with Gasteiger partial charge >= 0.3 is 5.97 Å². The fourth-order valence-electron chi connectivity index (χ4n) is 2.36. The van der Waals surface area contributed by atoms with Crippen LogP contribution in [0.5, 0.6) is 11.5 Å². The van der Waals surface area contributed by atoms with Gasteiger partial charge in [0.1, 0.15) is 5.75 Å². The standard InChI is InChI=1S/C17H14ClNO3/c1-19-9-8-11-4-3-5-15(16(11)19)22-12-6-7-13(14(18)10-12)17(20)21-2/h3-10H,1-2H3. The monoisotopic (exact) mass is 315 g/mol. The summed E-state index contributed by atoms with van der Waals surface area (Å²) in [6.45, 7) is 0. The molecule has 0 radical (unpaired) electrons. The summed E-state index contributed by atoms with van der Waals surface area (Å²) in [6, 6.07) is 12.8. The number of fused-ring (bicyclic) bond motifs is 1. The number of esters is 1. The van der Waals surface area contributed by atoms with Crippen LogP contribution in [0.3, 0.4) is 0 Å². The van der Waals surface area contributed by atoms with Gasteiger partial charge in [-0.3, -0.25) is 0 Å². The summed E-state index contributed by atoms with van der Waals surface area (Å²) in [5.41, 5.74) is 1.31. The lowest BCUT2D eigenvalue weighted by Crippen LogP contribution is -2.02. The molecule has 1 heterocycles. The number of benzene rings is 2. The van der Waals surface area contributed by atoms with E-state index in [4.69, 9.17) is 16.3 Å². The number of rotatable bonds is 3. The van der Waals surface area contributed by atoms with Crippen molar-refractivity contribution in [3.05, 3.63) is 59.2 Å². The number of hydrogen-bond acceptors (Lipinski definition) is 3. The smallest absolute Gasteiger partial charge is 0.339 e. The molecule has 0 saturated heterocycles. The first-order chi connectivity index (χ1) is 10.6. The molecule has 0 aliphatic carbocycles. The number of carbonyl (C=O) groups excluding carboxylic acids is 1.